The van der Waals surface area contributed by atoms with Crippen molar-refractivity contribution in [2.45, 2.75) is 26.7 Å². The highest BCUT2D eigenvalue weighted by molar-refractivity contribution is 6.34. The van der Waals surface area contributed by atoms with Crippen molar-refractivity contribution in [2.75, 3.05) is 25.0 Å². The van der Waals surface area contributed by atoms with E-state index in [0.717, 1.165) is 30.5 Å². The van der Waals surface area contributed by atoms with Crippen LogP contribution in [0.3, 0.4) is 0 Å². The highest BCUT2D eigenvalue weighted by Gasteiger charge is 2.25. The van der Waals surface area contributed by atoms with Crippen LogP contribution in [0.4, 0.5) is 5.69 Å². The lowest BCUT2D eigenvalue weighted by Gasteiger charge is -2.30. The van der Waals surface area contributed by atoms with Crippen LogP contribution in [0, 0.1) is 19.8 Å². The fraction of sp³-hybridized carbons (Fsp3) is 0.500. The molecule has 1 saturated heterocycles. The summed E-state index contributed by atoms with van der Waals surface area (Å²) < 4.78 is 0. The van der Waals surface area contributed by atoms with E-state index in [4.69, 9.17) is 17.3 Å². The van der Waals surface area contributed by atoms with Gasteiger partial charge < -0.3 is 11.1 Å². The molecule has 0 unspecified atom stereocenters. The smallest absolute Gasteiger partial charge is 0.238 e. The van der Waals surface area contributed by atoms with Crippen LogP contribution >= 0.6 is 11.6 Å². The van der Waals surface area contributed by atoms with Crippen LogP contribution in [-0.4, -0.2) is 36.3 Å². The largest absolute Gasteiger partial charge is 0.369 e. The van der Waals surface area contributed by atoms with Crippen LogP contribution in [0.1, 0.15) is 24.0 Å². The van der Waals surface area contributed by atoms with Crippen LogP contribution in [-0.2, 0) is 9.59 Å². The number of likely N-dealkylation sites (tertiary alicyclic amines) is 1. The Morgan fingerprint density at radius 3 is 2.77 bits per heavy atom. The Bertz CT molecular complexity index is 566. The minimum atomic E-state index is -0.289. The van der Waals surface area contributed by atoms with Crippen molar-refractivity contribution in [2.24, 2.45) is 11.7 Å². The van der Waals surface area contributed by atoms with E-state index in [-0.39, 0.29) is 24.3 Å². The van der Waals surface area contributed by atoms with Gasteiger partial charge in [0.05, 0.1) is 23.2 Å². The molecule has 1 aliphatic heterocycles. The average Bonchev–Trinajstić information content (AvgIpc) is 2.43. The molecule has 0 aromatic heterocycles. The van der Waals surface area contributed by atoms with Crippen molar-refractivity contribution >= 4 is 29.1 Å². The molecule has 1 fully saturated rings. The second-order valence-electron chi connectivity index (χ2n) is 5.96. The van der Waals surface area contributed by atoms with Crippen LogP contribution in [0.15, 0.2) is 12.1 Å². The molecule has 5 nitrogen and oxygen atoms in total. The number of amides is 2. The number of carbonyl (C=O) groups excluding carboxylic acids is 2. The molecule has 1 atom stereocenters. The summed E-state index contributed by atoms with van der Waals surface area (Å²) in [7, 11) is 0. The number of rotatable bonds is 4. The van der Waals surface area contributed by atoms with E-state index in [0.29, 0.717) is 17.3 Å². The summed E-state index contributed by atoms with van der Waals surface area (Å²) in [6.07, 6.45) is 1.68. The SMILES string of the molecule is Cc1cc(C)c(NC(=O)CN2CCC[C@H](C(N)=O)C2)c(Cl)c1. The van der Waals surface area contributed by atoms with E-state index in [1.807, 2.05) is 30.9 Å². The number of nitrogens with two attached hydrogens (primary N) is 1. The van der Waals surface area contributed by atoms with E-state index in [2.05, 4.69) is 5.32 Å². The topological polar surface area (TPSA) is 75.4 Å². The second-order valence-corrected chi connectivity index (χ2v) is 6.37. The van der Waals surface area contributed by atoms with E-state index in [1.54, 1.807) is 0 Å². The van der Waals surface area contributed by atoms with E-state index in [1.165, 1.54) is 0 Å². The van der Waals surface area contributed by atoms with Gasteiger partial charge in [-0.3, -0.25) is 14.5 Å². The highest BCUT2D eigenvalue weighted by Crippen LogP contribution is 2.27. The number of nitrogens with zero attached hydrogens (tertiary/aromatic N) is 1. The van der Waals surface area contributed by atoms with Gasteiger partial charge in [-0.1, -0.05) is 17.7 Å². The molecule has 2 amide bonds. The Morgan fingerprint density at radius 2 is 2.14 bits per heavy atom. The quantitative estimate of drug-likeness (QED) is 0.891. The molecule has 0 saturated carbocycles. The first-order valence-corrected chi connectivity index (χ1v) is 7.83. The molecule has 0 aliphatic carbocycles. The van der Waals surface area contributed by atoms with Gasteiger partial charge in [0, 0.05) is 6.54 Å². The summed E-state index contributed by atoms with van der Waals surface area (Å²) in [5.74, 6) is -0.576. The van der Waals surface area contributed by atoms with Gasteiger partial charge in [0.1, 0.15) is 0 Å². The van der Waals surface area contributed by atoms with E-state index >= 15 is 0 Å². The zero-order valence-electron chi connectivity index (χ0n) is 13.0. The number of carbonyl (C=O) groups is 2. The van der Waals surface area contributed by atoms with Gasteiger partial charge in [-0.05, 0) is 50.4 Å². The average molecular weight is 324 g/mol. The third kappa shape index (κ3) is 4.21. The maximum absolute atomic E-state index is 12.2. The van der Waals surface area contributed by atoms with Gasteiger partial charge in [0.15, 0.2) is 0 Å². The first-order chi connectivity index (χ1) is 10.4. The molecule has 22 heavy (non-hydrogen) atoms. The lowest BCUT2D eigenvalue weighted by atomic mass is 9.97. The van der Waals surface area contributed by atoms with Crippen molar-refractivity contribution in [1.82, 2.24) is 4.90 Å². The van der Waals surface area contributed by atoms with Crippen molar-refractivity contribution in [3.8, 4) is 0 Å². The number of piperidine rings is 1. The Kier molecular flexibility index (Phi) is 5.42. The fourth-order valence-electron chi connectivity index (χ4n) is 2.89. The summed E-state index contributed by atoms with van der Waals surface area (Å²) in [5, 5.41) is 3.41. The first-order valence-electron chi connectivity index (χ1n) is 7.45. The molecular formula is C16H22ClN3O2. The maximum atomic E-state index is 12.2. The lowest BCUT2D eigenvalue weighted by molar-refractivity contribution is -0.125. The van der Waals surface area contributed by atoms with Gasteiger partial charge in [-0.15, -0.1) is 0 Å². The Hall–Kier alpha value is -1.59. The number of aryl methyl sites for hydroxylation is 2. The number of halogens is 1. The molecule has 1 heterocycles. The van der Waals surface area contributed by atoms with Gasteiger partial charge >= 0.3 is 0 Å². The Balaban J connectivity index is 1.97. The predicted molar refractivity (Wildman–Crippen MR) is 87.9 cm³/mol. The minimum absolute atomic E-state index is 0.126. The number of primary amides is 1. The molecule has 120 valence electrons. The molecule has 3 N–H and O–H groups in total. The monoisotopic (exact) mass is 323 g/mol. The molecule has 0 radical (unpaired) electrons. The highest BCUT2D eigenvalue weighted by atomic mass is 35.5. The molecule has 0 spiro atoms. The zero-order chi connectivity index (χ0) is 16.3. The third-order valence-electron chi connectivity index (χ3n) is 3.97. The summed E-state index contributed by atoms with van der Waals surface area (Å²) in [4.78, 5) is 25.5. The maximum Gasteiger partial charge on any atom is 0.238 e. The third-order valence-corrected chi connectivity index (χ3v) is 4.27. The summed E-state index contributed by atoms with van der Waals surface area (Å²) in [6, 6.07) is 3.81. The predicted octanol–water partition coefficient (Wildman–Crippen LogP) is 2.09. The summed E-state index contributed by atoms with van der Waals surface area (Å²) >= 11 is 6.20. The van der Waals surface area contributed by atoms with Crippen molar-refractivity contribution < 1.29 is 9.59 Å². The molecule has 2 rings (SSSR count). The zero-order valence-corrected chi connectivity index (χ0v) is 13.7. The normalized spacial score (nSPS) is 19.0. The van der Waals surface area contributed by atoms with Crippen LogP contribution in [0.5, 0.6) is 0 Å². The van der Waals surface area contributed by atoms with E-state index in [9.17, 15) is 9.59 Å². The lowest BCUT2D eigenvalue weighted by Crippen LogP contribution is -2.44. The van der Waals surface area contributed by atoms with Gasteiger partial charge in [0.25, 0.3) is 0 Å². The molecule has 1 aromatic carbocycles. The van der Waals surface area contributed by atoms with Crippen LogP contribution in [0.2, 0.25) is 5.02 Å². The van der Waals surface area contributed by atoms with Gasteiger partial charge in [-0.2, -0.15) is 0 Å². The standard InChI is InChI=1S/C16H22ClN3O2/c1-10-6-11(2)15(13(17)7-10)19-14(21)9-20-5-3-4-12(8-20)16(18)22/h6-7,12H,3-5,8-9H2,1-2H3,(H2,18,22)(H,19,21)/t12-/m0/s1. The Morgan fingerprint density at radius 1 is 1.41 bits per heavy atom. The number of nitrogens with one attached hydrogen (secondary N) is 1. The van der Waals surface area contributed by atoms with Gasteiger partial charge in [0.2, 0.25) is 11.8 Å². The molecule has 6 heteroatoms. The molecular weight excluding hydrogens is 302 g/mol. The van der Waals surface area contributed by atoms with Crippen LogP contribution in [0.25, 0.3) is 0 Å². The summed E-state index contributed by atoms with van der Waals surface area (Å²) in [5.41, 5.74) is 8.00. The first kappa shape index (κ1) is 16.8. The van der Waals surface area contributed by atoms with Crippen LogP contribution < -0.4 is 11.1 Å². The minimum Gasteiger partial charge on any atom is -0.369 e. The number of hydrogen-bond acceptors (Lipinski definition) is 3. The molecule has 1 aliphatic rings. The fourth-order valence-corrected chi connectivity index (χ4v) is 3.26. The second kappa shape index (κ2) is 7.11. The van der Waals surface area contributed by atoms with Crippen molar-refractivity contribution in [1.29, 1.82) is 0 Å². The molecule has 1 aromatic rings. The molecule has 0 bridgehead atoms. The number of anilines is 1. The Labute approximate surface area is 135 Å². The van der Waals surface area contributed by atoms with Gasteiger partial charge in [-0.25, -0.2) is 0 Å². The number of benzene rings is 1. The van der Waals surface area contributed by atoms with E-state index < -0.39 is 0 Å². The van der Waals surface area contributed by atoms with Crippen molar-refractivity contribution in [3.63, 3.8) is 0 Å². The summed E-state index contributed by atoms with van der Waals surface area (Å²) in [6.45, 7) is 5.47. The van der Waals surface area contributed by atoms with Crippen molar-refractivity contribution in [3.05, 3.63) is 28.3 Å². The number of hydrogen-bond donors (Lipinski definition) is 2.